The number of fused-ring (bicyclic) bond motifs is 1. The Hall–Kier alpha value is -2.14. The molecule has 5 heteroatoms. The van der Waals surface area contributed by atoms with Gasteiger partial charge in [0.15, 0.2) is 0 Å². The standard InChI is InChI=1S/C22H26N2O2S/c1-26-21-8-3-2-7-20(21)23-11-13-24(14-12-23)22(25)16-27-19-10-9-17-5-4-6-18(17)15-19/h2-3,7-10,15H,4-6,11-14,16H2,1H3. The lowest BCUT2D eigenvalue weighted by Crippen LogP contribution is -2.49. The maximum absolute atomic E-state index is 12.6. The van der Waals surface area contributed by atoms with Crippen LogP contribution in [-0.4, -0.2) is 49.8 Å². The number of methoxy groups -OCH3 is 1. The summed E-state index contributed by atoms with van der Waals surface area (Å²) in [5.41, 5.74) is 4.07. The van der Waals surface area contributed by atoms with Crippen LogP contribution in [0.2, 0.25) is 0 Å². The van der Waals surface area contributed by atoms with E-state index in [4.69, 9.17) is 4.74 Å². The molecule has 0 unspecified atom stereocenters. The Bertz CT molecular complexity index is 816. The van der Waals surface area contributed by atoms with Gasteiger partial charge in [0.1, 0.15) is 5.75 Å². The van der Waals surface area contributed by atoms with Gasteiger partial charge in [-0.15, -0.1) is 11.8 Å². The normalized spacial score (nSPS) is 16.3. The highest BCUT2D eigenvalue weighted by Gasteiger charge is 2.23. The third-order valence-electron chi connectivity index (χ3n) is 5.49. The predicted molar refractivity (Wildman–Crippen MR) is 111 cm³/mol. The Morgan fingerprint density at radius 1 is 1.04 bits per heavy atom. The van der Waals surface area contributed by atoms with E-state index in [0.717, 1.165) is 37.6 Å². The number of para-hydroxylation sites is 2. The summed E-state index contributed by atoms with van der Waals surface area (Å²) >= 11 is 1.67. The Morgan fingerprint density at radius 3 is 2.63 bits per heavy atom. The van der Waals surface area contributed by atoms with Crippen LogP contribution in [0.5, 0.6) is 5.75 Å². The molecule has 2 aliphatic rings. The lowest BCUT2D eigenvalue weighted by Gasteiger charge is -2.36. The Balaban J connectivity index is 1.30. The number of hydrogen-bond donors (Lipinski definition) is 0. The van der Waals surface area contributed by atoms with Gasteiger partial charge in [0.25, 0.3) is 0 Å². The number of benzene rings is 2. The van der Waals surface area contributed by atoms with E-state index in [1.807, 2.05) is 23.1 Å². The van der Waals surface area contributed by atoms with E-state index in [1.165, 1.54) is 35.3 Å². The zero-order chi connectivity index (χ0) is 18.6. The first-order chi connectivity index (χ1) is 13.2. The largest absolute Gasteiger partial charge is 0.495 e. The molecule has 4 nitrogen and oxygen atoms in total. The predicted octanol–water partition coefficient (Wildman–Crippen LogP) is 3.62. The van der Waals surface area contributed by atoms with Crippen molar-refractivity contribution in [1.82, 2.24) is 4.90 Å². The van der Waals surface area contributed by atoms with E-state index in [9.17, 15) is 4.79 Å². The summed E-state index contributed by atoms with van der Waals surface area (Å²) in [4.78, 5) is 18.1. The second-order valence-corrected chi connectivity index (χ2v) is 8.16. The molecule has 1 fully saturated rings. The average Bonchev–Trinajstić information content (AvgIpc) is 3.20. The summed E-state index contributed by atoms with van der Waals surface area (Å²) in [6.45, 7) is 3.22. The molecule has 0 bridgehead atoms. The lowest BCUT2D eigenvalue weighted by molar-refractivity contribution is -0.128. The van der Waals surface area contributed by atoms with Crippen molar-refractivity contribution >= 4 is 23.4 Å². The first-order valence-corrected chi connectivity index (χ1v) is 10.6. The molecule has 0 spiro atoms. The topological polar surface area (TPSA) is 32.8 Å². The van der Waals surface area contributed by atoms with Gasteiger partial charge >= 0.3 is 0 Å². The van der Waals surface area contributed by atoms with Crippen molar-refractivity contribution in [2.24, 2.45) is 0 Å². The molecular formula is C22H26N2O2S. The van der Waals surface area contributed by atoms with Crippen LogP contribution in [0.4, 0.5) is 5.69 Å². The summed E-state index contributed by atoms with van der Waals surface area (Å²) in [5, 5.41) is 0. The first kappa shape index (κ1) is 18.2. The fourth-order valence-electron chi connectivity index (χ4n) is 3.96. The molecule has 0 aromatic heterocycles. The minimum Gasteiger partial charge on any atom is -0.495 e. The van der Waals surface area contributed by atoms with Gasteiger partial charge < -0.3 is 14.5 Å². The van der Waals surface area contributed by atoms with Crippen molar-refractivity contribution in [2.75, 3.05) is 43.9 Å². The van der Waals surface area contributed by atoms with Crippen molar-refractivity contribution in [3.63, 3.8) is 0 Å². The van der Waals surface area contributed by atoms with Gasteiger partial charge in [0, 0.05) is 31.1 Å². The number of nitrogens with zero attached hydrogens (tertiary/aromatic N) is 2. The monoisotopic (exact) mass is 382 g/mol. The minimum absolute atomic E-state index is 0.236. The highest BCUT2D eigenvalue weighted by molar-refractivity contribution is 8.00. The van der Waals surface area contributed by atoms with Gasteiger partial charge in [0.05, 0.1) is 18.6 Å². The highest BCUT2D eigenvalue weighted by atomic mass is 32.2. The van der Waals surface area contributed by atoms with E-state index >= 15 is 0 Å². The van der Waals surface area contributed by atoms with Crippen molar-refractivity contribution in [2.45, 2.75) is 24.2 Å². The fourth-order valence-corrected chi connectivity index (χ4v) is 4.82. The quantitative estimate of drug-likeness (QED) is 0.740. The molecule has 4 rings (SSSR count). The number of ether oxygens (including phenoxy) is 1. The molecule has 0 radical (unpaired) electrons. The summed E-state index contributed by atoms with van der Waals surface area (Å²) in [6.07, 6.45) is 3.65. The number of thioether (sulfide) groups is 1. The SMILES string of the molecule is COc1ccccc1N1CCN(C(=O)CSc2ccc3c(c2)CCC3)CC1. The summed E-state index contributed by atoms with van der Waals surface area (Å²) in [6, 6.07) is 14.8. The van der Waals surface area contributed by atoms with Crippen LogP contribution in [0, 0.1) is 0 Å². The van der Waals surface area contributed by atoms with Crippen LogP contribution in [0.3, 0.4) is 0 Å². The molecule has 1 aliphatic carbocycles. The van der Waals surface area contributed by atoms with Gasteiger partial charge in [0.2, 0.25) is 5.91 Å². The van der Waals surface area contributed by atoms with E-state index in [0.29, 0.717) is 5.75 Å². The number of piperazine rings is 1. The Kier molecular flexibility index (Phi) is 5.58. The van der Waals surface area contributed by atoms with Gasteiger partial charge in [-0.1, -0.05) is 18.2 Å². The molecule has 2 aromatic carbocycles. The third kappa shape index (κ3) is 4.08. The molecule has 1 aliphatic heterocycles. The number of carbonyl (C=O) groups is 1. The van der Waals surface area contributed by atoms with Gasteiger partial charge in [-0.3, -0.25) is 4.79 Å². The molecule has 1 heterocycles. The maximum Gasteiger partial charge on any atom is 0.233 e. The Morgan fingerprint density at radius 2 is 1.81 bits per heavy atom. The smallest absolute Gasteiger partial charge is 0.233 e. The number of hydrogen-bond acceptors (Lipinski definition) is 4. The van der Waals surface area contributed by atoms with Crippen LogP contribution in [0.15, 0.2) is 47.4 Å². The zero-order valence-corrected chi connectivity index (χ0v) is 16.6. The van der Waals surface area contributed by atoms with Gasteiger partial charge in [-0.25, -0.2) is 0 Å². The second kappa shape index (κ2) is 8.26. The minimum atomic E-state index is 0.236. The van der Waals surface area contributed by atoms with Crippen molar-refractivity contribution in [3.05, 3.63) is 53.6 Å². The number of rotatable bonds is 5. The highest BCUT2D eigenvalue weighted by Crippen LogP contribution is 2.29. The zero-order valence-electron chi connectivity index (χ0n) is 15.8. The number of carbonyl (C=O) groups excluding carboxylic acids is 1. The number of amides is 1. The average molecular weight is 383 g/mol. The van der Waals surface area contributed by atoms with Crippen LogP contribution < -0.4 is 9.64 Å². The van der Waals surface area contributed by atoms with E-state index in [1.54, 1.807) is 18.9 Å². The van der Waals surface area contributed by atoms with Crippen LogP contribution in [-0.2, 0) is 17.6 Å². The Labute approximate surface area is 165 Å². The van der Waals surface area contributed by atoms with E-state index < -0.39 is 0 Å². The third-order valence-corrected chi connectivity index (χ3v) is 6.47. The summed E-state index contributed by atoms with van der Waals surface area (Å²) in [5.74, 6) is 1.65. The first-order valence-electron chi connectivity index (χ1n) is 9.65. The van der Waals surface area contributed by atoms with E-state index in [-0.39, 0.29) is 5.91 Å². The van der Waals surface area contributed by atoms with E-state index in [2.05, 4.69) is 29.2 Å². The summed E-state index contributed by atoms with van der Waals surface area (Å²) < 4.78 is 5.47. The molecule has 142 valence electrons. The molecular weight excluding hydrogens is 356 g/mol. The van der Waals surface area contributed by atoms with Crippen LogP contribution >= 0.6 is 11.8 Å². The molecule has 0 saturated carbocycles. The lowest BCUT2D eigenvalue weighted by atomic mass is 10.1. The molecule has 1 amide bonds. The molecule has 2 aromatic rings. The van der Waals surface area contributed by atoms with Gasteiger partial charge in [-0.05, 0) is 54.7 Å². The van der Waals surface area contributed by atoms with Crippen molar-refractivity contribution < 1.29 is 9.53 Å². The maximum atomic E-state index is 12.6. The van der Waals surface area contributed by atoms with Crippen LogP contribution in [0.25, 0.3) is 0 Å². The second-order valence-electron chi connectivity index (χ2n) is 7.11. The summed E-state index contributed by atoms with van der Waals surface area (Å²) in [7, 11) is 1.70. The molecule has 0 N–H and O–H groups in total. The molecule has 0 atom stereocenters. The van der Waals surface area contributed by atoms with Crippen LogP contribution in [0.1, 0.15) is 17.5 Å². The van der Waals surface area contributed by atoms with Gasteiger partial charge in [-0.2, -0.15) is 0 Å². The molecule has 1 saturated heterocycles. The van der Waals surface area contributed by atoms with Crippen molar-refractivity contribution in [1.29, 1.82) is 0 Å². The number of aryl methyl sites for hydroxylation is 2. The van der Waals surface area contributed by atoms with Crippen molar-refractivity contribution in [3.8, 4) is 5.75 Å². The number of anilines is 1. The fraction of sp³-hybridized carbons (Fsp3) is 0.409. The molecule has 27 heavy (non-hydrogen) atoms.